The van der Waals surface area contributed by atoms with Crippen LogP contribution in [-0.2, 0) is 6.42 Å². The van der Waals surface area contributed by atoms with Gasteiger partial charge in [0.15, 0.2) is 0 Å². The van der Waals surface area contributed by atoms with Crippen LogP contribution in [0.5, 0.6) is 0 Å². The van der Waals surface area contributed by atoms with Gasteiger partial charge in [0.1, 0.15) is 0 Å². The number of nitrogens with two attached hydrogens (primary N) is 1. The molecule has 2 heteroatoms. The number of hydrogen-bond donors (Lipinski definition) is 1. The first-order chi connectivity index (χ1) is 6.81. The van der Waals surface area contributed by atoms with Gasteiger partial charge in [0, 0.05) is 4.47 Å². The molecule has 1 fully saturated rings. The summed E-state index contributed by atoms with van der Waals surface area (Å²) in [5, 5.41) is 0. The Morgan fingerprint density at radius 2 is 1.93 bits per heavy atom. The quantitative estimate of drug-likeness (QED) is 0.881. The molecule has 0 radical (unpaired) electrons. The maximum absolute atomic E-state index is 5.70. The Morgan fingerprint density at radius 1 is 1.21 bits per heavy atom. The fraction of sp³-hybridized carbons (Fsp3) is 0.500. The van der Waals surface area contributed by atoms with Crippen molar-refractivity contribution in [3.05, 3.63) is 34.3 Å². The third-order valence-corrected chi connectivity index (χ3v) is 4.09. The minimum absolute atomic E-state index is 0.766. The average Bonchev–Trinajstić information content (AvgIpc) is 2.15. The molecule has 2 unspecified atom stereocenters. The molecule has 0 aromatic heterocycles. The summed E-state index contributed by atoms with van der Waals surface area (Å²) < 4.78 is 1.24. The summed E-state index contributed by atoms with van der Waals surface area (Å²) in [6.45, 7) is 0.856. The van der Waals surface area contributed by atoms with Gasteiger partial charge in [-0.2, -0.15) is 0 Å². The lowest BCUT2D eigenvalue weighted by atomic mass is 9.71. The second kappa shape index (κ2) is 4.45. The molecule has 2 N–H and O–H groups in total. The SMILES string of the molecule is NCC1CCC1Cc1ccccc1Br. The third-order valence-electron chi connectivity index (χ3n) is 3.32. The molecular weight excluding hydrogens is 238 g/mol. The van der Waals surface area contributed by atoms with Crippen LogP contribution in [0.4, 0.5) is 0 Å². The predicted octanol–water partition coefficient (Wildman–Crippen LogP) is 2.98. The Bertz CT molecular complexity index is 309. The molecule has 1 aliphatic rings. The Hall–Kier alpha value is -0.340. The summed E-state index contributed by atoms with van der Waals surface area (Å²) in [4.78, 5) is 0. The normalized spacial score (nSPS) is 25.9. The highest BCUT2D eigenvalue weighted by Gasteiger charge is 2.29. The number of rotatable bonds is 3. The van der Waals surface area contributed by atoms with E-state index in [1.54, 1.807) is 0 Å². The molecule has 1 aliphatic carbocycles. The van der Waals surface area contributed by atoms with Crippen LogP contribution in [-0.4, -0.2) is 6.54 Å². The topological polar surface area (TPSA) is 26.0 Å². The third kappa shape index (κ3) is 2.01. The molecule has 1 saturated carbocycles. The molecule has 14 heavy (non-hydrogen) atoms. The second-order valence-electron chi connectivity index (χ2n) is 4.13. The Balaban J connectivity index is 2.01. The molecule has 0 bridgehead atoms. The molecule has 76 valence electrons. The minimum Gasteiger partial charge on any atom is -0.330 e. The highest BCUT2D eigenvalue weighted by molar-refractivity contribution is 9.10. The van der Waals surface area contributed by atoms with E-state index < -0.39 is 0 Å². The van der Waals surface area contributed by atoms with Gasteiger partial charge >= 0.3 is 0 Å². The van der Waals surface area contributed by atoms with Gasteiger partial charge in [-0.25, -0.2) is 0 Å². The van der Waals surface area contributed by atoms with Crippen molar-refractivity contribution in [2.24, 2.45) is 17.6 Å². The van der Waals surface area contributed by atoms with E-state index in [9.17, 15) is 0 Å². The number of hydrogen-bond acceptors (Lipinski definition) is 1. The van der Waals surface area contributed by atoms with Crippen molar-refractivity contribution < 1.29 is 0 Å². The Kier molecular flexibility index (Phi) is 3.24. The maximum Gasteiger partial charge on any atom is 0.0207 e. The monoisotopic (exact) mass is 253 g/mol. The molecule has 2 rings (SSSR count). The van der Waals surface area contributed by atoms with Crippen LogP contribution in [0, 0.1) is 11.8 Å². The molecular formula is C12H16BrN. The van der Waals surface area contributed by atoms with Crippen LogP contribution < -0.4 is 5.73 Å². The second-order valence-corrected chi connectivity index (χ2v) is 4.98. The van der Waals surface area contributed by atoms with E-state index in [0.717, 1.165) is 18.4 Å². The molecule has 0 aliphatic heterocycles. The smallest absolute Gasteiger partial charge is 0.0207 e. The molecule has 2 atom stereocenters. The fourth-order valence-corrected chi connectivity index (χ4v) is 2.61. The van der Waals surface area contributed by atoms with E-state index in [2.05, 4.69) is 40.2 Å². The van der Waals surface area contributed by atoms with Crippen molar-refractivity contribution >= 4 is 15.9 Å². The van der Waals surface area contributed by atoms with Crippen LogP contribution in [0.25, 0.3) is 0 Å². The first-order valence-corrected chi connectivity index (χ1v) is 6.04. The summed E-state index contributed by atoms with van der Waals surface area (Å²) >= 11 is 3.59. The average molecular weight is 254 g/mol. The van der Waals surface area contributed by atoms with Gasteiger partial charge in [0.2, 0.25) is 0 Å². The van der Waals surface area contributed by atoms with Crippen LogP contribution in [0.15, 0.2) is 28.7 Å². The van der Waals surface area contributed by atoms with Gasteiger partial charge in [0.05, 0.1) is 0 Å². The van der Waals surface area contributed by atoms with E-state index in [-0.39, 0.29) is 0 Å². The summed E-state index contributed by atoms with van der Waals surface area (Å²) in [5.74, 6) is 1.58. The van der Waals surface area contributed by atoms with Crippen molar-refractivity contribution in [3.63, 3.8) is 0 Å². The lowest BCUT2D eigenvalue weighted by Crippen LogP contribution is -2.33. The zero-order chi connectivity index (χ0) is 9.97. The van der Waals surface area contributed by atoms with Crippen LogP contribution >= 0.6 is 15.9 Å². The molecule has 1 aromatic rings. The van der Waals surface area contributed by atoms with Crippen LogP contribution in [0.1, 0.15) is 18.4 Å². The molecule has 0 spiro atoms. The molecule has 0 heterocycles. The van der Waals surface area contributed by atoms with E-state index >= 15 is 0 Å². The molecule has 0 amide bonds. The maximum atomic E-state index is 5.70. The standard InChI is InChI=1S/C12H16BrN/c13-12-4-2-1-3-10(12)7-9-5-6-11(9)8-14/h1-4,9,11H,5-8,14H2. The van der Waals surface area contributed by atoms with Gasteiger partial charge in [-0.3, -0.25) is 0 Å². The van der Waals surface area contributed by atoms with Gasteiger partial charge in [-0.1, -0.05) is 34.1 Å². The van der Waals surface area contributed by atoms with Gasteiger partial charge in [0.25, 0.3) is 0 Å². The van der Waals surface area contributed by atoms with Gasteiger partial charge < -0.3 is 5.73 Å². The van der Waals surface area contributed by atoms with Crippen molar-refractivity contribution in [2.45, 2.75) is 19.3 Å². The van der Waals surface area contributed by atoms with Gasteiger partial charge in [-0.05, 0) is 49.3 Å². The largest absolute Gasteiger partial charge is 0.330 e. The minimum atomic E-state index is 0.766. The predicted molar refractivity (Wildman–Crippen MR) is 63.1 cm³/mol. The van der Waals surface area contributed by atoms with E-state index in [4.69, 9.17) is 5.73 Å². The molecule has 1 nitrogen and oxygen atoms in total. The fourth-order valence-electron chi connectivity index (χ4n) is 2.16. The Morgan fingerprint density at radius 3 is 2.50 bits per heavy atom. The lowest BCUT2D eigenvalue weighted by Gasteiger charge is -2.36. The number of benzene rings is 1. The van der Waals surface area contributed by atoms with E-state index in [1.165, 1.54) is 29.3 Å². The van der Waals surface area contributed by atoms with Crippen molar-refractivity contribution in [2.75, 3.05) is 6.54 Å². The molecule has 0 saturated heterocycles. The van der Waals surface area contributed by atoms with Gasteiger partial charge in [-0.15, -0.1) is 0 Å². The lowest BCUT2D eigenvalue weighted by molar-refractivity contribution is 0.183. The van der Waals surface area contributed by atoms with Crippen molar-refractivity contribution in [1.82, 2.24) is 0 Å². The number of halogens is 1. The summed E-state index contributed by atoms with van der Waals surface area (Å²) in [7, 11) is 0. The van der Waals surface area contributed by atoms with Crippen LogP contribution in [0.2, 0.25) is 0 Å². The first-order valence-electron chi connectivity index (χ1n) is 5.24. The van der Waals surface area contributed by atoms with Crippen molar-refractivity contribution in [3.8, 4) is 0 Å². The zero-order valence-corrected chi connectivity index (χ0v) is 9.83. The Labute approximate surface area is 93.8 Å². The summed E-state index contributed by atoms with van der Waals surface area (Å²) in [5.41, 5.74) is 7.13. The first kappa shape index (κ1) is 10.2. The summed E-state index contributed by atoms with van der Waals surface area (Å²) in [6.07, 6.45) is 3.86. The summed E-state index contributed by atoms with van der Waals surface area (Å²) in [6, 6.07) is 8.49. The molecule has 1 aromatic carbocycles. The van der Waals surface area contributed by atoms with E-state index in [1.807, 2.05) is 0 Å². The highest BCUT2D eigenvalue weighted by Crippen LogP contribution is 2.37. The van der Waals surface area contributed by atoms with Crippen LogP contribution in [0.3, 0.4) is 0 Å². The highest BCUT2D eigenvalue weighted by atomic mass is 79.9. The van der Waals surface area contributed by atoms with Crippen molar-refractivity contribution in [1.29, 1.82) is 0 Å². The zero-order valence-electron chi connectivity index (χ0n) is 8.25. The van der Waals surface area contributed by atoms with E-state index in [0.29, 0.717) is 0 Å².